The first-order valence-electron chi connectivity index (χ1n) is 6.34. The van der Waals surface area contributed by atoms with Crippen molar-refractivity contribution in [1.82, 2.24) is 4.98 Å². The van der Waals surface area contributed by atoms with Crippen molar-refractivity contribution in [3.8, 4) is 0 Å². The molecular formula is C17H13NO2. The molecule has 4 aromatic rings. The van der Waals surface area contributed by atoms with Crippen LogP contribution >= 0.6 is 0 Å². The van der Waals surface area contributed by atoms with Crippen molar-refractivity contribution in [3.63, 3.8) is 0 Å². The number of hydrogen-bond acceptors (Lipinski definition) is 2. The topological polar surface area (TPSA) is 46.0 Å². The number of aromatic amines is 1. The third-order valence-corrected chi connectivity index (χ3v) is 2.98. The molecule has 0 atom stereocenters. The maximum atomic E-state index is 12.0. The fourth-order valence-electron chi connectivity index (χ4n) is 2.03. The van der Waals surface area contributed by atoms with E-state index in [4.69, 9.17) is 4.42 Å². The fraction of sp³-hybridized carbons (Fsp3) is 0. The van der Waals surface area contributed by atoms with Crippen LogP contribution in [0, 0.1) is 0 Å². The third kappa shape index (κ3) is 2.34. The van der Waals surface area contributed by atoms with E-state index in [2.05, 4.69) is 4.98 Å². The van der Waals surface area contributed by atoms with Gasteiger partial charge >= 0.3 is 0 Å². The molecule has 2 aromatic carbocycles. The molecule has 1 N–H and O–H groups in total. The van der Waals surface area contributed by atoms with Gasteiger partial charge in [-0.2, -0.15) is 0 Å². The third-order valence-electron chi connectivity index (χ3n) is 2.98. The minimum atomic E-state index is 0.0347. The van der Waals surface area contributed by atoms with Gasteiger partial charge in [0.1, 0.15) is 11.2 Å². The Morgan fingerprint density at radius 3 is 1.65 bits per heavy atom. The van der Waals surface area contributed by atoms with Gasteiger partial charge in [-0.25, -0.2) is 0 Å². The van der Waals surface area contributed by atoms with Gasteiger partial charge in [0.15, 0.2) is 0 Å². The van der Waals surface area contributed by atoms with Crippen LogP contribution in [0.2, 0.25) is 0 Å². The summed E-state index contributed by atoms with van der Waals surface area (Å²) < 4.78 is 5.63. The zero-order chi connectivity index (χ0) is 13.8. The second kappa shape index (κ2) is 5.45. The normalized spacial score (nSPS) is 10.2. The predicted molar refractivity (Wildman–Crippen MR) is 80.8 cm³/mol. The Morgan fingerprint density at radius 1 is 0.700 bits per heavy atom. The highest BCUT2D eigenvalue weighted by molar-refractivity contribution is 5.89. The van der Waals surface area contributed by atoms with E-state index in [9.17, 15) is 4.79 Å². The smallest absolute Gasteiger partial charge is 0.200 e. The van der Waals surface area contributed by atoms with Crippen LogP contribution in [-0.4, -0.2) is 4.98 Å². The molecule has 0 radical (unpaired) electrons. The van der Waals surface area contributed by atoms with Gasteiger partial charge in [0.2, 0.25) is 5.43 Å². The van der Waals surface area contributed by atoms with Crippen LogP contribution in [0.25, 0.3) is 21.9 Å². The van der Waals surface area contributed by atoms with Crippen LogP contribution < -0.4 is 5.43 Å². The van der Waals surface area contributed by atoms with Gasteiger partial charge in [-0.15, -0.1) is 0 Å². The first kappa shape index (κ1) is 12.2. The van der Waals surface area contributed by atoms with E-state index in [1.807, 2.05) is 60.9 Å². The van der Waals surface area contributed by atoms with Gasteiger partial charge in [-0.3, -0.25) is 4.79 Å². The van der Waals surface area contributed by atoms with E-state index in [0.29, 0.717) is 21.9 Å². The number of benzene rings is 2. The summed E-state index contributed by atoms with van der Waals surface area (Å²) >= 11 is 0. The Balaban J connectivity index is 0.000000205. The van der Waals surface area contributed by atoms with Crippen molar-refractivity contribution in [3.05, 3.63) is 83.3 Å². The molecule has 0 fully saturated rings. The average molecular weight is 263 g/mol. The molecule has 20 heavy (non-hydrogen) atoms. The Labute approximate surface area is 115 Å². The van der Waals surface area contributed by atoms with E-state index in [0.717, 1.165) is 0 Å². The molecule has 0 bridgehead atoms. The summed E-state index contributed by atoms with van der Waals surface area (Å²) in [7, 11) is 0. The van der Waals surface area contributed by atoms with Crippen LogP contribution in [0.1, 0.15) is 0 Å². The van der Waals surface area contributed by atoms with Gasteiger partial charge in [0, 0.05) is 12.4 Å². The number of para-hydroxylation sites is 2. The average Bonchev–Trinajstić information content (AvgIpc) is 3.07. The van der Waals surface area contributed by atoms with Crippen LogP contribution in [0.15, 0.2) is 82.3 Å². The molecule has 2 aromatic heterocycles. The second-order valence-electron chi connectivity index (χ2n) is 4.31. The second-order valence-corrected chi connectivity index (χ2v) is 4.31. The molecule has 0 aliphatic heterocycles. The lowest BCUT2D eigenvalue weighted by Crippen LogP contribution is -2.01. The number of fused-ring (bicyclic) bond motifs is 2. The molecule has 98 valence electrons. The summed E-state index contributed by atoms with van der Waals surface area (Å²) in [5.74, 6) is 0. The van der Waals surface area contributed by atoms with E-state index in [1.54, 1.807) is 12.1 Å². The highest BCUT2D eigenvalue weighted by Gasteiger charge is 2.04. The van der Waals surface area contributed by atoms with Crippen LogP contribution in [0.3, 0.4) is 0 Å². The van der Waals surface area contributed by atoms with Crippen molar-refractivity contribution in [2.75, 3.05) is 0 Å². The minimum absolute atomic E-state index is 0.0347. The number of aromatic nitrogens is 1. The molecule has 3 nitrogen and oxygen atoms in total. The summed E-state index contributed by atoms with van der Waals surface area (Å²) in [6.07, 6.45) is 3.75. The lowest BCUT2D eigenvalue weighted by atomic mass is 10.1. The highest BCUT2D eigenvalue weighted by Crippen LogP contribution is 2.17. The summed E-state index contributed by atoms with van der Waals surface area (Å²) in [6, 6.07) is 18.5. The number of H-pyrrole nitrogens is 1. The largest absolute Gasteiger partial charge is 0.456 e. The molecule has 3 heteroatoms. The summed E-state index contributed by atoms with van der Waals surface area (Å²) in [6.45, 7) is 0. The van der Waals surface area contributed by atoms with Gasteiger partial charge in [-0.05, 0) is 36.4 Å². The standard InChI is InChI=1S/C13H8O2.C4H5N/c14-13-9-5-1-3-7-11(9)15-12-8-4-2-6-10(12)13;1-2-4-5-3-1/h1-8H;1-5H. The van der Waals surface area contributed by atoms with E-state index in [-0.39, 0.29) is 5.43 Å². The van der Waals surface area contributed by atoms with Crippen molar-refractivity contribution >= 4 is 21.9 Å². The minimum Gasteiger partial charge on any atom is -0.456 e. The quantitative estimate of drug-likeness (QED) is 0.488. The molecule has 0 aliphatic rings. The molecule has 0 unspecified atom stereocenters. The number of rotatable bonds is 0. The lowest BCUT2D eigenvalue weighted by molar-refractivity contribution is 0.660. The zero-order valence-electron chi connectivity index (χ0n) is 10.7. The number of hydrogen-bond donors (Lipinski definition) is 1. The Morgan fingerprint density at radius 2 is 1.20 bits per heavy atom. The van der Waals surface area contributed by atoms with E-state index < -0.39 is 0 Å². The van der Waals surface area contributed by atoms with Crippen LogP contribution in [0.5, 0.6) is 0 Å². The predicted octanol–water partition coefficient (Wildman–Crippen LogP) is 3.96. The summed E-state index contributed by atoms with van der Waals surface area (Å²) in [5.41, 5.74) is 1.31. The Hall–Kier alpha value is -2.81. The Kier molecular flexibility index (Phi) is 3.33. The fourth-order valence-corrected chi connectivity index (χ4v) is 2.03. The maximum Gasteiger partial charge on any atom is 0.200 e. The van der Waals surface area contributed by atoms with Crippen molar-refractivity contribution in [2.24, 2.45) is 0 Å². The van der Waals surface area contributed by atoms with Gasteiger partial charge in [-0.1, -0.05) is 24.3 Å². The Bertz CT molecular complexity index is 802. The first-order valence-corrected chi connectivity index (χ1v) is 6.34. The van der Waals surface area contributed by atoms with Crippen molar-refractivity contribution in [1.29, 1.82) is 0 Å². The van der Waals surface area contributed by atoms with E-state index >= 15 is 0 Å². The molecule has 0 amide bonds. The van der Waals surface area contributed by atoms with Gasteiger partial charge in [0.05, 0.1) is 10.8 Å². The van der Waals surface area contributed by atoms with Gasteiger partial charge in [0.25, 0.3) is 0 Å². The molecule has 0 aliphatic carbocycles. The zero-order valence-corrected chi connectivity index (χ0v) is 10.7. The summed E-state index contributed by atoms with van der Waals surface area (Å²) in [4.78, 5) is 14.9. The molecular weight excluding hydrogens is 250 g/mol. The molecule has 0 spiro atoms. The molecule has 0 saturated heterocycles. The SMILES string of the molecule is O=c1c2ccccc2oc2ccccc12.c1cc[nH]c1. The lowest BCUT2D eigenvalue weighted by Gasteiger charge is -1.99. The van der Waals surface area contributed by atoms with E-state index in [1.165, 1.54) is 0 Å². The summed E-state index contributed by atoms with van der Waals surface area (Å²) in [5, 5.41) is 1.27. The monoisotopic (exact) mass is 263 g/mol. The van der Waals surface area contributed by atoms with Crippen LogP contribution in [0.4, 0.5) is 0 Å². The van der Waals surface area contributed by atoms with Crippen LogP contribution in [-0.2, 0) is 0 Å². The van der Waals surface area contributed by atoms with Gasteiger partial charge < -0.3 is 9.40 Å². The molecule has 0 saturated carbocycles. The molecule has 2 heterocycles. The molecule has 4 rings (SSSR count). The maximum absolute atomic E-state index is 12.0. The highest BCUT2D eigenvalue weighted by atomic mass is 16.3. The number of nitrogens with one attached hydrogen (secondary N) is 1. The van der Waals surface area contributed by atoms with Crippen molar-refractivity contribution < 1.29 is 4.42 Å². The first-order chi connectivity index (χ1) is 9.86. The van der Waals surface area contributed by atoms with Crippen molar-refractivity contribution in [2.45, 2.75) is 0 Å².